The Morgan fingerprint density at radius 2 is 1.83 bits per heavy atom. The van der Waals surface area contributed by atoms with Crippen molar-refractivity contribution >= 4 is 27.5 Å². The summed E-state index contributed by atoms with van der Waals surface area (Å²) in [6.07, 6.45) is 2.70. The highest BCUT2D eigenvalue weighted by Gasteiger charge is 2.27. The van der Waals surface area contributed by atoms with Gasteiger partial charge in [-0.05, 0) is 61.1 Å². The van der Waals surface area contributed by atoms with Gasteiger partial charge in [-0.1, -0.05) is 18.2 Å². The number of hydrogen-bond acceptors (Lipinski definition) is 5. The van der Waals surface area contributed by atoms with Crippen LogP contribution in [0.4, 0.5) is 10.5 Å². The molecule has 1 N–H and O–H groups in total. The summed E-state index contributed by atoms with van der Waals surface area (Å²) in [4.78, 5) is 24.6. The molecule has 152 valence electrons. The zero-order valence-electron chi connectivity index (χ0n) is 15.8. The summed E-state index contributed by atoms with van der Waals surface area (Å²) in [6.45, 7) is 0.627. The number of hydrogen-bond donors (Lipinski definition) is 1. The van der Waals surface area contributed by atoms with Gasteiger partial charge in [-0.25, -0.2) is 13.2 Å². The zero-order chi connectivity index (χ0) is 20.4. The fourth-order valence-electron chi connectivity index (χ4n) is 3.12. The molecule has 8 heteroatoms. The lowest BCUT2D eigenvalue weighted by molar-refractivity contribution is -0.117. The molecule has 2 aliphatic rings. The molecular formula is C21H22N2O5S. The number of ether oxygens (including phenoxy) is 1. The van der Waals surface area contributed by atoms with Crippen molar-refractivity contribution in [3.63, 3.8) is 0 Å². The monoisotopic (exact) mass is 414 g/mol. The summed E-state index contributed by atoms with van der Waals surface area (Å²) in [5.41, 5.74) is 1.44. The SMILES string of the molecule is O=C1CN(c2ccc(CCS(=O)(=O)c3cccc(OCC4CC4)c3)cc2)C(=O)N1. The molecular weight excluding hydrogens is 392 g/mol. The van der Waals surface area contributed by atoms with E-state index in [2.05, 4.69) is 5.32 Å². The minimum absolute atomic E-state index is 0.00822. The third-order valence-corrected chi connectivity index (χ3v) is 6.76. The summed E-state index contributed by atoms with van der Waals surface area (Å²) < 4.78 is 31.1. The molecule has 1 heterocycles. The van der Waals surface area contributed by atoms with E-state index in [-0.39, 0.29) is 23.1 Å². The normalized spacial score (nSPS) is 16.8. The van der Waals surface area contributed by atoms with Crippen LogP contribution in [0.25, 0.3) is 0 Å². The number of carbonyl (C=O) groups excluding carboxylic acids is 2. The molecule has 1 aliphatic heterocycles. The van der Waals surface area contributed by atoms with Gasteiger partial charge in [0.2, 0.25) is 5.91 Å². The lowest BCUT2D eigenvalue weighted by atomic mass is 10.1. The number of carbonyl (C=O) groups is 2. The number of nitrogens with zero attached hydrogens (tertiary/aromatic N) is 1. The molecule has 7 nitrogen and oxygen atoms in total. The maximum Gasteiger partial charge on any atom is 0.329 e. The Morgan fingerprint density at radius 1 is 1.07 bits per heavy atom. The number of benzene rings is 2. The Bertz CT molecular complexity index is 1030. The largest absolute Gasteiger partial charge is 0.493 e. The van der Waals surface area contributed by atoms with Crippen LogP contribution in [0.3, 0.4) is 0 Å². The predicted molar refractivity (Wildman–Crippen MR) is 108 cm³/mol. The predicted octanol–water partition coefficient (Wildman–Crippen LogP) is 2.55. The van der Waals surface area contributed by atoms with E-state index in [1.54, 1.807) is 48.5 Å². The van der Waals surface area contributed by atoms with E-state index in [4.69, 9.17) is 4.74 Å². The van der Waals surface area contributed by atoms with Crippen LogP contribution in [0.15, 0.2) is 53.4 Å². The minimum atomic E-state index is -3.44. The van der Waals surface area contributed by atoms with Crippen LogP contribution in [-0.2, 0) is 21.1 Å². The molecule has 0 radical (unpaired) electrons. The van der Waals surface area contributed by atoms with Crippen LogP contribution in [0.5, 0.6) is 5.75 Å². The highest BCUT2D eigenvalue weighted by atomic mass is 32.2. The highest BCUT2D eigenvalue weighted by Crippen LogP contribution is 2.30. The Kier molecular flexibility index (Phi) is 5.27. The number of rotatable bonds is 8. The maximum atomic E-state index is 12.7. The summed E-state index contributed by atoms with van der Waals surface area (Å²) in [5, 5.41) is 2.22. The molecule has 2 fully saturated rings. The fraction of sp³-hybridized carbons (Fsp3) is 0.333. The first-order chi connectivity index (χ1) is 13.9. The van der Waals surface area contributed by atoms with Gasteiger partial charge in [-0.3, -0.25) is 15.0 Å². The number of anilines is 1. The number of sulfone groups is 1. The lowest BCUT2D eigenvalue weighted by Crippen LogP contribution is -2.27. The second kappa shape index (κ2) is 7.87. The van der Waals surface area contributed by atoms with Gasteiger partial charge in [0.1, 0.15) is 12.3 Å². The number of amides is 3. The second-order valence-corrected chi connectivity index (χ2v) is 9.51. The first-order valence-electron chi connectivity index (χ1n) is 9.57. The third kappa shape index (κ3) is 4.76. The number of imide groups is 1. The van der Waals surface area contributed by atoms with Gasteiger partial charge in [0, 0.05) is 5.69 Å². The molecule has 1 saturated heterocycles. The van der Waals surface area contributed by atoms with Crippen LogP contribution in [0.1, 0.15) is 18.4 Å². The van der Waals surface area contributed by atoms with Gasteiger partial charge in [0.15, 0.2) is 9.84 Å². The second-order valence-electron chi connectivity index (χ2n) is 7.40. The van der Waals surface area contributed by atoms with Crippen LogP contribution < -0.4 is 15.0 Å². The van der Waals surface area contributed by atoms with Crippen molar-refractivity contribution in [1.82, 2.24) is 5.32 Å². The van der Waals surface area contributed by atoms with E-state index in [0.29, 0.717) is 30.4 Å². The average molecular weight is 414 g/mol. The summed E-state index contributed by atoms with van der Waals surface area (Å²) in [5.74, 6) is 0.818. The van der Waals surface area contributed by atoms with Crippen LogP contribution >= 0.6 is 0 Å². The first kappa shape index (κ1) is 19.4. The van der Waals surface area contributed by atoms with Crippen LogP contribution in [0.2, 0.25) is 0 Å². The quantitative estimate of drug-likeness (QED) is 0.670. The average Bonchev–Trinajstić information content (AvgIpc) is 3.48. The number of nitrogens with one attached hydrogen (secondary N) is 1. The molecule has 0 spiro atoms. The molecule has 3 amide bonds. The van der Waals surface area contributed by atoms with Crippen LogP contribution in [-0.4, -0.2) is 39.3 Å². The topological polar surface area (TPSA) is 92.8 Å². The number of urea groups is 1. The molecule has 4 rings (SSSR count). The van der Waals surface area contributed by atoms with E-state index in [0.717, 1.165) is 5.56 Å². The molecule has 29 heavy (non-hydrogen) atoms. The van der Waals surface area contributed by atoms with E-state index in [1.807, 2.05) is 0 Å². The van der Waals surface area contributed by atoms with E-state index in [9.17, 15) is 18.0 Å². The summed E-state index contributed by atoms with van der Waals surface area (Å²) in [6, 6.07) is 13.2. The maximum absolute atomic E-state index is 12.7. The van der Waals surface area contributed by atoms with E-state index in [1.165, 1.54) is 17.7 Å². The van der Waals surface area contributed by atoms with Crippen molar-refractivity contribution in [2.24, 2.45) is 5.92 Å². The van der Waals surface area contributed by atoms with Crippen molar-refractivity contribution in [3.8, 4) is 5.75 Å². The molecule has 0 atom stereocenters. The number of aryl methyl sites for hydroxylation is 1. The van der Waals surface area contributed by atoms with Gasteiger partial charge in [-0.2, -0.15) is 0 Å². The molecule has 0 bridgehead atoms. The fourth-order valence-corrected chi connectivity index (χ4v) is 4.44. The van der Waals surface area contributed by atoms with E-state index < -0.39 is 15.9 Å². The molecule has 1 aliphatic carbocycles. The Hall–Kier alpha value is -2.87. The first-order valence-corrected chi connectivity index (χ1v) is 11.2. The Morgan fingerprint density at radius 3 is 2.48 bits per heavy atom. The van der Waals surface area contributed by atoms with Gasteiger partial charge in [-0.15, -0.1) is 0 Å². The van der Waals surface area contributed by atoms with Crippen LogP contribution in [0, 0.1) is 5.92 Å². The van der Waals surface area contributed by atoms with Gasteiger partial charge >= 0.3 is 6.03 Å². The van der Waals surface area contributed by atoms with Crippen molar-refractivity contribution in [1.29, 1.82) is 0 Å². The molecule has 2 aromatic rings. The third-order valence-electron chi connectivity index (χ3n) is 5.05. The van der Waals surface area contributed by atoms with E-state index >= 15 is 0 Å². The minimum Gasteiger partial charge on any atom is -0.493 e. The molecule has 0 aromatic heterocycles. The van der Waals surface area contributed by atoms with Gasteiger partial charge < -0.3 is 4.74 Å². The van der Waals surface area contributed by atoms with Gasteiger partial charge in [0.25, 0.3) is 0 Å². The molecule has 0 unspecified atom stereocenters. The molecule has 2 aromatic carbocycles. The highest BCUT2D eigenvalue weighted by molar-refractivity contribution is 7.91. The van der Waals surface area contributed by atoms with Crippen molar-refractivity contribution in [2.75, 3.05) is 23.8 Å². The standard InChI is InChI=1S/C21H22N2O5S/c24-20-13-23(21(25)22-20)17-8-6-15(7-9-17)10-11-29(26,27)19-3-1-2-18(12-19)28-14-16-4-5-16/h1-3,6-9,12,16H,4-5,10-11,13-14H2,(H,22,24,25). The Labute approximate surface area is 169 Å². The lowest BCUT2D eigenvalue weighted by Gasteiger charge is -2.13. The van der Waals surface area contributed by atoms with Gasteiger partial charge in [0.05, 0.1) is 17.3 Å². The Balaban J connectivity index is 1.38. The molecule has 1 saturated carbocycles. The summed E-state index contributed by atoms with van der Waals surface area (Å²) >= 11 is 0. The zero-order valence-corrected chi connectivity index (χ0v) is 16.7. The van der Waals surface area contributed by atoms with Crippen molar-refractivity contribution in [2.45, 2.75) is 24.2 Å². The van der Waals surface area contributed by atoms with Crippen molar-refractivity contribution < 1.29 is 22.7 Å². The smallest absolute Gasteiger partial charge is 0.329 e. The van der Waals surface area contributed by atoms with Crippen molar-refractivity contribution in [3.05, 3.63) is 54.1 Å². The summed E-state index contributed by atoms with van der Waals surface area (Å²) in [7, 11) is -3.44.